The number of rotatable bonds is 5. The molecule has 0 spiro atoms. The third-order valence-electron chi connectivity index (χ3n) is 4.81. The van der Waals surface area contributed by atoms with Crippen LogP contribution in [0.5, 0.6) is 0 Å². The van der Waals surface area contributed by atoms with Crippen LogP contribution in [0.1, 0.15) is 45.6 Å². The number of carbonyl (C=O) groups excluding carboxylic acids is 1. The zero-order valence-corrected chi connectivity index (χ0v) is 13.4. The van der Waals surface area contributed by atoms with Crippen LogP contribution in [0.4, 0.5) is 0 Å². The zero-order valence-electron chi connectivity index (χ0n) is 13.4. The van der Waals surface area contributed by atoms with Gasteiger partial charge < -0.3 is 4.74 Å². The Morgan fingerprint density at radius 1 is 1.29 bits per heavy atom. The topological polar surface area (TPSA) is 38.3 Å². The van der Waals surface area contributed by atoms with Crippen molar-refractivity contribution in [2.24, 2.45) is 11.8 Å². The third-order valence-corrected chi connectivity index (χ3v) is 4.81. The van der Waals surface area contributed by atoms with E-state index >= 15 is 0 Å². The highest BCUT2D eigenvalue weighted by Crippen LogP contribution is 2.37. The van der Waals surface area contributed by atoms with E-state index in [9.17, 15) is 4.79 Å². The molecular weight excluding hydrogens is 262 g/mol. The fourth-order valence-electron chi connectivity index (χ4n) is 3.17. The molecule has 3 heteroatoms. The molecule has 1 aliphatic carbocycles. The Labute approximate surface area is 128 Å². The van der Waals surface area contributed by atoms with Gasteiger partial charge in [0.25, 0.3) is 0 Å². The van der Waals surface area contributed by atoms with Crippen LogP contribution in [0.3, 0.4) is 0 Å². The van der Waals surface area contributed by atoms with Gasteiger partial charge in [-0.05, 0) is 43.6 Å². The highest BCUT2D eigenvalue weighted by atomic mass is 16.5. The minimum absolute atomic E-state index is 0.0836. The van der Waals surface area contributed by atoms with E-state index in [4.69, 9.17) is 4.74 Å². The molecule has 0 bridgehead atoms. The lowest BCUT2D eigenvalue weighted by Crippen LogP contribution is -2.56. The Balaban J connectivity index is 2.10. The molecule has 0 radical (unpaired) electrons. The van der Waals surface area contributed by atoms with Crippen LogP contribution in [-0.4, -0.2) is 18.1 Å². The molecule has 0 aliphatic heterocycles. The molecule has 0 saturated heterocycles. The summed E-state index contributed by atoms with van der Waals surface area (Å²) in [5, 5.41) is 3.51. The van der Waals surface area contributed by atoms with E-state index in [1.807, 2.05) is 25.1 Å². The van der Waals surface area contributed by atoms with Gasteiger partial charge >= 0.3 is 5.97 Å². The molecule has 1 N–H and O–H groups in total. The number of esters is 1. The molecule has 1 aromatic carbocycles. The Kier molecular flexibility index (Phi) is 5.40. The normalized spacial score (nSPS) is 29.1. The van der Waals surface area contributed by atoms with Crippen LogP contribution in [0.2, 0.25) is 0 Å². The number of hydrogen-bond donors (Lipinski definition) is 1. The van der Waals surface area contributed by atoms with Crippen LogP contribution in [0.25, 0.3) is 0 Å². The highest BCUT2D eigenvalue weighted by Gasteiger charge is 2.44. The van der Waals surface area contributed by atoms with Gasteiger partial charge in [0.05, 0.1) is 6.61 Å². The smallest absolute Gasteiger partial charge is 0.326 e. The van der Waals surface area contributed by atoms with Gasteiger partial charge in [-0.3, -0.25) is 10.1 Å². The molecule has 0 aromatic heterocycles. The monoisotopic (exact) mass is 289 g/mol. The van der Waals surface area contributed by atoms with Gasteiger partial charge in [-0.15, -0.1) is 0 Å². The van der Waals surface area contributed by atoms with Crippen molar-refractivity contribution in [3.63, 3.8) is 0 Å². The van der Waals surface area contributed by atoms with Gasteiger partial charge in [0.15, 0.2) is 0 Å². The Hall–Kier alpha value is -1.35. The van der Waals surface area contributed by atoms with Crippen LogP contribution >= 0.6 is 0 Å². The number of ether oxygens (including phenoxy) is 1. The summed E-state index contributed by atoms with van der Waals surface area (Å²) >= 11 is 0. The van der Waals surface area contributed by atoms with Gasteiger partial charge in [0, 0.05) is 6.54 Å². The van der Waals surface area contributed by atoms with E-state index in [0.29, 0.717) is 25.0 Å². The molecule has 1 saturated carbocycles. The molecule has 0 heterocycles. The molecule has 3 nitrogen and oxygen atoms in total. The predicted octanol–water partition coefficient (Wildman–Crippen LogP) is 3.53. The van der Waals surface area contributed by atoms with Gasteiger partial charge in [0.2, 0.25) is 0 Å². The summed E-state index contributed by atoms with van der Waals surface area (Å²) in [4.78, 5) is 12.5. The molecule has 1 fully saturated rings. The second kappa shape index (κ2) is 7.08. The first-order valence-corrected chi connectivity index (χ1v) is 8.03. The van der Waals surface area contributed by atoms with Gasteiger partial charge in [-0.2, -0.15) is 0 Å². The summed E-state index contributed by atoms with van der Waals surface area (Å²) < 4.78 is 5.36. The highest BCUT2D eigenvalue weighted by molar-refractivity contribution is 5.81. The standard InChI is InChI=1S/C18H27NO2/c1-4-21-17(20)18(11-10-14(2)15(3)12-18)19-13-16-8-6-5-7-9-16/h5-9,14-15,19H,4,10-13H2,1-3H3. The summed E-state index contributed by atoms with van der Waals surface area (Å²) in [5.41, 5.74) is 0.685. The molecule has 21 heavy (non-hydrogen) atoms. The molecule has 1 aliphatic rings. The van der Waals surface area contributed by atoms with Crippen molar-refractivity contribution >= 4 is 5.97 Å². The van der Waals surface area contributed by atoms with E-state index in [1.165, 1.54) is 5.56 Å². The van der Waals surface area contributed by atoms with Crippen molar-refractivity contribution < 1.29 is 9.53 Å². The van der Waals surface area contributed by atoms with E-state index < -0.39 is 5.54 Å². The van der Waals surface area contributed by atoms with Crippen molar-refractivity contribution in [2.45, 2.75) is 52.1 Å². The summed E-state index contributed by atoms with van der Waals surface area (Å²) in [5.74, 6) is 1.12. The quantitative estimate of drug-likeness (QED) is 0.843. The summed E-state index contributed by atoms with van der Waals surface area (Å²) in [7, 11) is 0. The number of hydrogen-bond acceptors (Lipinski definition) is 3. The average molecular weight is 289 g/mol. The summed E-state index contributed by atoms with van der Waals surface area (Å²) in [6.45, 7) is 7.54. The van der Waals surface area contributed by atoms with E-state index in [0.717, 1.165) is 19.3 Å². The molecule has 3 atom stereocenters. The van der Waals surface area contributed by atoms with Crippen LogP contribution in [0, 0.1) is 11.8 Å². The van der Waals surface area contributed by atoms with Crippen molar-refractivity contribution in [3.8, 4) is 0 Å². The van der Waals surface area contributed by atoms with Gasteiger partial charge in [0.1, 0.15) is 5.54 Å². The maximum absolute atomic E-state index is 12.5. The fourth-order valence-corrected chi connectivity index (χ4v) is 3.17. The maximum atomic E-state index is 12.5. The Bertz CT molecular complexity index is 460. The average Bonchev–Trinajstić information content (AvgIpc) is 2.50. The molecule has 0 amide bonds. The molecule has 1 aromatic rings. The molecule has 3 unspecified atom stereocenters. The Morgan fingerprint density at radius 2 is 2.00 bits per heavy atom. The van der Waals surface area contributed by atoms with E-state index in [2.05, 4.69) is 31.3 Å². The lowest BCUT2D eigenvalue weighted by molar-refractivity contribution is -0.154. The Morgan fingerprint density at radius 3 is 2.62 bits per heavy atom. The summed E-state index contributed by atoms with van der Waals surface area (Å²) in [6.07, 6.45) is 2.80. The molecular formula is C18H27NO2. The van der Waals surface area contributed by atoms with Gasteiger partial charge in [-0.25, -0.2) is 0 Å². The van der Waals surface area contributed by atoms with Crippen molar-refractivity contribution in [1.82, 2.24) is 5.32 Å². The maximum Gasteiger partial charge on any atom is 0.326 e. The van der Waals surface area contributed by atoms with Gasteiger partial charge in [-0.1, -0.05) is 44.2 Å². The van der Waals surface area contributed by atoms with Crippen molar-refractivity contribution in [2.75, 3.05) is 6.61 Å². The minimum atomic E-state index is -0.516. The summed E-state index contributed by atoms with van der Waals surface area (Å²) in [6, 6.07) is 10.2. The van der Waals surface area contributed by atoms with Crippen molar-refractivity contribution in [3.05, 3.63) is 35.9 Å². The lowest BCUT2D eigenvalue weighted by Gasteiger charge is -2.41. The predicted molar refractivity (Wildman–Crippen MR) is 84.8 cm³/mol. The number of benzene rings is 1. The minimum Gasteiger partial charge on any atom is -0.465 e. The fraction of sp³-hybridized carbons (Fsp3) is 0.611. The van der Waals surface area contributed by atoms with E-state index in [-0.39, 0.29) is 5.97 Å². The first-order chi connectivity index (χ1) is 10.1. The number of nitrogens with one attached hydrogen (secondary N) is 1. The zero-order chi connectivity index (χ0) is 15.3. The largest absolute Gasteiger partial charge is 0.465 e. The number of carbonyl (C=O) groups is 1. The first kappa shape index (κ1) is 16.0. The van der Waals surface area contributed by atoms with Crippen molar-refractivity contribution in [1.29, 1.82) is 0 Å². The third kappa shape index (κ3) is 3.85. The molecule has 116 valence electrons. The van der Waals surface area contributed by atoms with Crippen LogP contribution in [-0.2, 0) is 16.1 Å². The van der Waals surface area contributed by atoms with Crippen LogP contribution in [0.15, 0.2) is 30.3 Å². The second-order valence-electron chi connectivity index (χ2n) is 6.34. The molecule has 2 rings (SSSR count). The second-order valence-corrected chi connectivity index (χ2v) is 6.34. The SMILES string of the molecule is CCOC(=O)C1(NCc2ccccc2)CCC(C)C(C)C1. The lowest BCUT2D eigenvalue weighted by atomic mass is 9.71. The van der Waals surface area contributed by atoms with E-state index in [1.54, 1.807) is 0 Å². The first-order valence-electron chi connectivity index (χ1n) is 8.03. The van der Waals surface area contributed by atoms with Crippen LogP contribution < -0.4 is 5.32 Å².